The fourth-order valence-corrected chi connectivity index (χ4v) is 2.51. The van der Waals surface area contributed by atoms with Crippen molar-refractivity contribution in [2.24, 2.45) is 0 Å². The zero-order valence-corrected chi connectivity index (χ0v) is 13.8. The summed E-state index contributed by atoms with van der Waals surface area (Å²) in [5, 5.41) is 11.4. The lowest BCUT2D eigenvalue weighted by Crippen LogP contribution is -2.06. The molecule has 0 saturated carbocycles. The van der Waals surface area contributed by atoms with Gasteiger partial charge < -0.3 is 14.0 Å². The molecule has 2 aromatic heterocycles. The van der Waals surface area contributed by atoms with Gasteiger partial charge in [0.25, 0.3) is 5.89 Å². The number of nitrogens with one attached hydrogen (secondary N) is 1. The quantitative estimate of drug-likeness (QED) is 0.552. The normalized spacial score (nSPS) is 10.8. The number of H-pyrrole nitrogens is 1. The van der Waals surface area contributed by atoms with Crippen molar-refractivity contribution < 1.29 is 18.8 Å². The van der Waals surface area contributed by atoms with Gasteiger partial charge in [-0.2, -0.15) is 10.1 Å². The van der Waals surface area contributed by atoms with E-state index in [2.05, 4.69) is 20.3 Å². The smallest absolute Gasteiger partial charge is 0.359 e. The van der Waals surface area contributed by atoms with Gasteiger partial charge in [0, 0.05) is 10.9 Å². The van der Waals surface area contributed by atoms with E-state index >= 15 is 0 Å². The van der Waals surface area contributed by atoms with Crippen molar-refractivity contribution in [3.63, 3.8) is 0 Å². The highest BCUT2D eigenvalue weighted by Crippen LogP contribution is 2.21. The van der Waals surface area contributed by atoms with Crippen molar-refractivity contribution in [1.29, 1.82) is 0 Å². The maximum Gasteiger partial charge on any atom is 0.359 e. The Labute approximate surface area is 147 Å². The van der Waals surface area contributed by atoms with E-state index < -0.39 is 5.97 Å². The number of hydrogen-bond acceptors (Lipinski definition) is 7. The average molecular weight is 350 g/mol. The first kappa shape index (κ1) is 15.8. The van der Waals surface area contributed by atoms with Gasteiger partial charge in [-0.25, -0.2) is 4.79 Å². The molecule has 1 N–H and O–H groups in total. The van der Waals surface area contributed by atoms with E-state index in [1.807, 2.05) is 36.4 Å². The first-order valence-corrected chi connectivity index (χ1v) is 7.82. The minimum Gasteiger partial charge on any atom is -0.497 e. The molecule has 0 unspecified atom stereocenters. The van der Waals surface area contributed by atoms with Crippen LogP contribution in [-0.4, -0.2) is 33.4 Å². The predicted octanol–water partition coefficient (Wildman–Crippen LogP) is 2.98. The van der Waals surface area contributed by atoms with E-state index in [0.717, 1.165) is 11.1 Å². The third kappa shape index (κ3) is 3.00. The van der Waals surface area contributed by atoms with Crippen molar-refractivity contribution in [2.75, 3.05) is 7.11 Å². The number of aromatic nitrogens is 4. The summed E-state index contributed by atoms with van der Waals surface area (Å²) < 4.78 is 15.5. The third-order valence-corrected chi connectivity index (χ3v) is 3.79. The molecule has 0 aliphatic heterocycles. The topological polar surface area (TPSA) is 103 Å². The van der Waals surface area contributed by atoms with Crippen molar-refractivity contribution >= 4 is 16.9 Å². The summed E-state index contributed by atoms with van der Waals surface area (Å²) in [5.74, 6) is 0.699. The molecule has 0 fully saturated rings. The fourth-order valence-electron chi connectivity index (χ4n) is 2.51. The highest BCUT2D eigenvalue weighted by atomic mass is 16.6. The lowest BCUT2D eigenvalue weighted by molar-refractivity contribution is 0.0425. The van der Waals surface area contributed by atoms with E-state index in [0.29, 0.717) is 17.0 Å². The van der Waals surface area contributed by atoms with Gasteiger partial charge in [-0.15, -0.1) is 0 Å². The van der Waals surface area contributed by atoms with Gasteiger partial charge in [-0.3, -0.25) is 5.10 Å². The Bertz CT molecular complexity index is 1070. The second kappa shape index (κ2) is 6.67. The molecule has 0 atom stereocenters. The Morgan fingerprint density at radius 3 is 2.96 bits per heavy atom. The Morgan fingerprint density at radius 2 is 2.08 bits per heavy atom. The molecule has 8 nitrogen and oxygen atoms in total. The molecule has 0 spiro atoms. The SMILES string of the molecule is COc1cccc(-c2noc(COC(=O)c3n[nH]c4ccccc34)n2)c1. The molecule has 0 amide bonds. The van der Waals surface area contributed by atoms with Gasteiger partial charge >= 0.3 is 5.97 Å². The summed E-state index contributed by atoms with van der Waals surface area (Å²) >= 11 is 0. The van der Waals surface area contributed by atoms with E-state index in [4.69, 9.17) is 14.0 Å². The Balaban J connectivity index is 1.47. The minimum absolute atomic E-state index is 0.142. The number of aromatic amines is 1. The number of ether oxygens (including phenoxy) is 2. The molecular formula is C18H14N4O4. The first-order chi connectivity index (χ1) is 12.7. The van der Waals surface area contributed by atoms with Crippen molar-refractivity contribution in [1.82, 2.24) is 20.3 Å². The van der Waals surface area contributed by atoms with Gasteiger partial charge in [0.2, 0.25) is 5.82 Å². The van der Waals surface area contributed by atoms with Crippen LogP contribution in [0, 0.1) is 0 Å². The summed E-state index contributed by atoms with van der Waals surface area (Å²) in [5.41, 5.74) is 1.72. The maximum atomic E-state index is 12.2. The standard InChI is InChI=1S/C18H14N4O4/c1-24-12-6-4-5-11(9-12)17-19-15(26-22-17)10-25-18(23)16-13-7-2-3-8-14(13)20-21-16/h2-9H,10H2,1H3,(H,20,21). The van der Waals surface area contributed by atoms with Crippen LogP contribution in [0.4, 0.5) is 0 Å². The predicted molar refractivity (Wildman–Crippen MR) is 91.5 cm³/mol. The van der Waals surface area contributed by atoms with Crippen molar-refractivity contribution in [3.8, 4) is 17.1 Å². The molecule has 130 valence electrons. The van der Waals surface area contributed by atoms with Gasteiger partial charge in [0.05, 0.1) is 12.6 Å². The van der Waals surface area contributed by atoms with Crippen molar-refractivity contribution in [2.45, 2.75) is 6.61 Å². The number of para-hydroxylation sites is 1. The van der Waals surface area contributed by atoms with Crippen LogP contribution in [0.1, 0.15) is 16.4 Å². The van der Waals surface area contributed by atoms with Crippen LogP contribution in [-0.2, 0) is 11.3 Å². The van der Waals surface area contributed by atoms with Crippen LogP contribution in [0.3, 0.4) is 0 Å². The van der Waals surface area contributed by atoms with Gasteiger partial charge in [-0.05, 0) is 18.2 Å². The number of hydrogen-bond donors (Lipinski definition) is 1. The molecule has 0 aliphatic carbocycles. The molecule has 0 saturated heterocycles. The number of carbonyl (C=O) groups is 1. The van der Waals surface area contributed by atoms with Crippen molar-refractivity contribution in [3.05, 3.63) is 60.1 Å². The van der Waals surface area contributed by atoms with Crippen LogP contribution in [0.2, 0.25) is 0 Å². The summed E-state index contributed by atoms with van der Waals surface area (Å²) in [6, 6.07) is 14.6. The summed E-state index contributed by atoms with van der Waals surface area (Å²) in [6.45, 7) is -0.142. The van der Waals surface area contributed by atoms with E-state index in [9.17, 15) is 4.79 Å². The number of methoxy groups -OCH3 is 1. The molecule has 26 heavy (non-hydrogen) atoms. The first-order valence-electron chi connectivity index (χ1n) is 7.82. The number of carbonyl (C=O) groups excluding carboxylic acids is 1. The summed E-state index contributed by atoms with van der Waals surface area (Å²) in [6.07, 6.45) is 0. The average Bonchev–Trinajstić information content (AvgIpc) is 3.33. The van der Waals surface area contributed by atoms with Crippen LogP contribution in [0.15, 0.2) is 53.1 Å². The largest absolute Gasteiger partial charge is 0.497 e. The van der Waals surface area contributed by atoms with Crippen LogP contribution >= 0.6 is 0 Å². The molecular weight excluding hydrogens is 336 g/mol. The second-order valence-corrected chi connectivity index (χ2v) is 5.44. The van der Waals surface area contributed by atoms with Gasteiger partial charge in [0.15, 0.2) is 12.3 Å². The summed E-state index contributed by atoms with van der Waals surface area (Å²) in [4.78, 5) is 16.5. The number of rotatable bonds is 5. The lowest BCUT2D eigenvalue weighted by atomic mass is 10.2. The Kier molecular flexibility index (Phi) is 4.06. The maximum absolute atomic E-state index is 12.2. The number of nitrogens with zero attached hydrogens (tertiary/aromatic N) is 3. The molecule has 0 radical (unpaired) electrons. The van der Waals surface area contributed by atoms with E-state index in [1.165, 1.54) is 0 Å². The highest BCUT2D eigenvalue weighted by Gasteiger charge is 2.17. The number of benzene rings is 2. The van der Waals surface area contributed by atoms with Crippen LogP contribution in [0.5, 0.6) is 5.75 Å². The molecule has 2 aromatic carbocycles. The van der Waals surface area contributed by atoms with Crippen LogP contribution in [0.25, 0.3) is 22.3 Å². The zero-order chi connectivity index (χ0) is 17.9. The minimum atomic E-state index is -0.566. The highest BCUT2D eigenvalue weighted by molar-refractivity contribution is 6.01. The van der Waals surface area contributed by atoms with Crippen LogP contribution < -0.4 is 4.74 Å². The molecule has 4 rings (SSSR count). The molecule has 0 bridgehead atoms. The fraction of sp³-hybridized carbons (Fsp3) is 0.111. The molecule has 8 heteroatoms. The second-order valence-electron chi connectivity index (χ2n) is 5.44. The molecule has 0 aliphatic rings. The lowest BCUT2D eigenvalue weighted by Gasteiger charge is -2.00. The Hall–Kier alpha value is -3.68. The molecule has 2 heterocycles. The Morgan fingerprint density at radius 1 is 1.19 bits per heavy atom. The number of esters is 1. The third-order valence-electron chi connectivity index (χ3n) is 3.79. The van der Waals surface area contributed by atoms with Gasteiger partial charge in [-0.1, -0.05) is 35.5 Å². The summed E-state index contributed by atoms with van der Waals surface area (Å²) in [7, 11) is 1.58. The van der Waals surface area contributed by atoms with E-state index in [1.54, 1.807) is 19.2 Å². The van der Waals surface area contributed by atoms with Gasteiger partial charge in [0.1, 0.15) is 5.75 Å². The monoisotopic (exact) mass is 350 g/mol. The van der Waals surface area contributed by atoms with E-state index in [-0.39, 0.29) is 18.2 Å². The zero-order valence-electron chi connectivity index (χ0n) is 13.8. The molecule has 4 aromatic rings. The number of fused-ring (bicyclic) bond motifs is 1.